The molecule has 0 aliphatic carbocycles. The summed E-state index contributed by atoms with van der Waals surface area (Å²) < 4.78 is 0. The molecule has 0 saturated carbocycles. The average molecular weight is 343 g/mol. The first-order valence-corrected chi connectivity index (χ1v) is 8.34. The first-order valence-electron chi connectivity index (χ1n) is 7.71. The summed E-state index contributed by atoms with van der Waals surface area (Å²) in [6, 6.07) is 17.7. The summed E-state index contributed by atoms with van der Waals surface area (Å²) >= 11 is 4.09. The largest absolute Gasteiger partial charge is 0.480 e. The number of thiol groups is 1. The van der Waals surface area contributed by atoms with E-state index in [4.69, 9.17) is 0 Å². The topological polar surface area (TPSA) is 66.4 Å². The Morgan fingerprint density at radius 2 is 1.62 bits per heavy atom. The number of aliphatic carboxylic acids is 1. The van der Waals surface area contributed by atoms with Gasteiger partial charge in [0.1, 0.15) is 11.6 Å². The van der Waals surface area contributed by atoms with Crippen LogP contribution in [0.1, 0.15) is 18.1 Å². The molecule has 126 valence electrons. The highest BCUT2D eigenvalue weighted by molar-refractivity contribution is 7.80. The number of carboxylic acid groups (broad SMARTS) is 1. The quantitative estimate of drug-likeness (QED) is 0.645. The molecule has 4 nitrogen and oxygen atoms in total. The van der Waals surface area contributed by atoms with Gasteiger partial charge in [-0.05, 0) is 18.1 Å². The summed E-state index contributed by atoms with van der Waals surface area (Å²) in [6.07, 6.45) is 0.220. The molecule has 2 N–H and O–H groups in total. The lowest BCUT2D eigenvalue weighted by Gasteiger charge is -2.33. The molecule has 0 amide bonds. The van der Waals surface area contributed by atoms with Crippen molar-refractivity contribution >= 4 is 24.4 Å². The zero-order valence-electron chi connectivity index (χ0n) is 13.5. The summed E-state index contributed by atoms with van der Waals surface area (Å²) in [5, 5.41) is 12.3. The third-order valence-corrected chi connectivity index (χ3v) is 4.43. The van der Waals surface area contributed by atoms with Crippen LogP contribution in [0.2, 0.25) is 0 Å². The van der Waals surface area contributed by atoms with Gasteiger partial charge in [-0.25, -0.2) is 0 Å². The van der Waals surface area contributed by atoms with Crippen molar-refractivity contribution in [3.8, 4) is 0 Å². The van der Waals surface area contributed by atoms with Crippen molar-refractivity contribution in [3.05, 3.63) is 71.8 Å². The second-order valence-electron chi connectivity index (χ2n) is 5.79. The van der Waals surface area contributed by atoms with Crippen LogP contribution < -0.4 is 5.32 Å². The number of rotatable bonds is 8. The fraction of sp³-hybridized carbons (Fsp3) is 0.263. The summed E-state index contributed by atoms with van der Waals surface area (Å²) in [5.41, 5.74) is 0.520. The third-order valence-electron chi connectivity index (χ3n) is 4.06. The SMILES string of the molecule is CC(NC(CS)C(=O)O)(C(=O)Cc1ccccc1)c1ccccc1. The van der Waals surface area contributed by atoms with E-state index in [-0.39, 0.29) is 18.0 Å². The van der Waals surface area contributed by atoms with E-state index < -0.39 is 17.6 Å². The predicted octanol–water partition coefficient (Wildman–Crippen LogP) is 2.69. The molecular weight excluding hydrogens is 322 g/mol. The molecule has 0 heterocycles. The van der Waals surface area contributed by atoms with Crippen LogP contribution in [-0.4, -0.2) is 28.7 Å². The van der Waals surface area contributed by atoms with Crippen LogP contribution in [0.15, 0.2) is 60.7 Å². The molecular formula is C19H21NO3S. The minimum atomic E-state index is -1.11. The molecule has 24 heavy (non-hydrogen) atoms. The lowest BCUT2D eigenvalue weighted by atomic mass is 9.84. The fourth-order valence-electron chi connectivity index (χ4n) is 2.59. The minimum Gasteiger partial charge on any atom is -0.480 e. The number of carbonyl (C=O) groups excluding carboxylic acids is 1. The molecule has 0 aliphatic rings. The zero-order chi connectivity index (χ0) is 17.6. The number of hydrogen-bond donors (Lipinski definition) is 3. The van der Waals surface area contributed by atoms with Crippen molar-refractivity contribution in [1.82, 2.24) is 5.32 Å². The Labute approximate surface area is 147 Å². The second kappa shape index (κ2) is 8.13. The van der Waals surface area contributed by atoms with Gasteiger partial charge in [0.25, 0.3) is 0 Å². The fourth-order valence-corrected chi connectivity index (χ4v) is 2.84. The number of carbonyl (C=O) groups is 2. The maximum Gasteiger partial charge on any atom is 0.321 e. The molecule has 0 spiro atoms. The molecule has 0 radical (unpaired) electrons. The van der Waals surface area contributed by atoms with E-state index in [1.165, 1.54) is 0 Å². The number of ketones is 1. The summed E-state index contributed by atoms with van der Waals surface area (Å²) in [5.74, 6) is -1.02. The van der Waals surface area contributed by atoms with Gasteiger partial charge < -0.3 is 5.11 Å². The average Bonchev–Trinajstić information content (AvgIpc) is 2.60. The molecule has 2 aromatic rings. The Balaban J connectivity index is 2.35. The summed E-state index contributed by atoms with van der Waals surface area (Å²) in [4.78, 5) is 24.4. The van der Waals surface area contributed by atoms with E-state index in [2.05, 4.69) is 17.9 Å². The maximum absolute atomic E-state index is 13.0. The van der Waals surface area contributed by atoms with Crippen molar-refractivity contribution in [2.45, 2.75) is 24.9 Å². The highest BCUT2D eigenvalue weighted by atomic mass is 32.1. The van der Waals surface area contributed by atoms with E-state index in [0.717, 1.165) is 11.1 Å². The Bertz CT molecular complexity index is 690. The van der Waals surface area contributed by atoms with E-state index in [9.17, 15) is 14.7 Å². The highest BCUT2D eigenvalue weighted by Crippen LogP contribution is 2.25. The number of Topliss-reactive ketones (excluding diaryl/α,β-unsaturated/α-hetero) is 1. The molecule has 2 unspecified atom stereocenters. The summed E-state index contributed by atoms with van der Waals surface area (Å²) in [6.45, 7) is 1.73. The van der Waals surface area contributed by atoms with E-state index in [1.807, 2.05) is 60.7 Å². The summed E-state index contributed by atoms with van der Waals surface area (Å²) in [7, 11) is 0. The van der Waals surface area contributed by atoms with Crippen LogP contribution in [0.3, 0.4) is 0 Å². The molecule has 0 aromatic heterocycles. The van der Waals surface area contributed by atoms with Crippen molar-refractivity contribution in [1.29, 1.82) is 0 Å². The van der Waals surface area contributed by atoms with Crippen LogP contribution in [0.5, 0.6) is 0 Å². The lowest BCUT2D eigenvalue weighted by Crippen LogP contribution is -2.55. The van der Waals surface area contributed by atoms with Gasteiger partial charge in [0, 0.05) is 12.2 Å². The van der Waals surface area contributed by atoms with Gasteiger partial charge in [-0.1, -0.05) is 60.7 Å². The Morgan fingerprint density at radius 1 is 1.08 bits per heavy atom. The van der Waals surface area contributed by atoms with Crippen LogP contribution >= 0.6 is 12.6 Å². The van der Waals surface area contributed by atoms with E-state index >= 15 is 0 Å². The van der Waals surface area contributed by atoms with Gasteiger partial charge in [-0.3, -0.25) is 14.9 Å². The van der Waals surface area contributed by atoms with Crippen molar-refractivity contribution in [2.75, 3.05) is 5.75 Å². The minimum absolute atomic E-state index is 0.0899. The van der Waals surface area contributed by atoms with Crippen LogP contribution in [0, 0.1) is 0 Å². The number of hydrogen-bond acceptors (Lipinski definition) is 4. The Kier molecular flexibility index (Phi) is 6.17. The van der Waals surface area contributed by atoms with Gasteiger partial charge in [0.2, 0.25) is 0 Å². The normalized spacial score (nSPS) is 14.6. The van der Waals surface area contributed by atoms with Gasteiger partial charge >= 0.3 is 5.97 Å². The van der Waals surface area contributed by atoms with Crippen LogP contribution in [0.4, 0.5) is 0 Å². The van der Waals surface area contributed by atoms with Crippen molar-refractivity contribution < 1.29 is 14.7 Å². The number of nitrogens with one attached hydrogen (secondary N) is 1. The molecule has 0 saturated heterocycles. The standard InChI is InChI=1S/C19H21NO3S/c1-19(15-10-6-3-7-11-15,20-16(13-24)18(22)23)17(21)12-14-8-4-2-5-9-14/h2-11,16,20,24H,12-13H2,1H3,(H,22,23). The van der Waals surface area contributed by atoms with Gasteiger partial charge in [0.15, 0.2) is 5.78 Å². The van der Waals surface area contributed by atoms with E-state index in [1.54, 1.807) is 6.92 Å². The Hall–Kier alpha value is -2.11. The first-order chi connectivity index (χ1) is 11.5. The smallest absolute Gasteiger partial charge is 0.321 e. The van der Waals surface area contributed by atoms with Crippen LogP contribution in [-0.2, 0) is 21.5 Å². The molecule has 0 bridgehead atoms. The monoisotopic (exact) mass is 343 g/mol. The highest BCUT2D eigenvalue weighted by Gasteiger charge is 2.37. The van der Waals surface area contributed by atoms with E-state index in [0.29, 0.717) is 0 Å². The molecule has 0 fully saturated rings. The van der Waals surface area contributed by atoms with Gasteiger partial charge in [-0.2, -0.15) is 12.6 Å². The number of carboxylic acids is 1. The second-order valence-corrected chi connectivity index (χ2v) is 6.16. The number of benzene rings is 2. The molecule has 2 atom stereocenters. The zero-order valence-corrected chi connectivity index (χ0v) is 14.4. The maximum atomic E-state index is 13.0. The van der Waals surface area contributed by atoms with Crippen molar-refractivity contribution in [3.63, 3.8) is 0 Å². The molecule has 2 rings (SSSR count). The van der Waals surface area contributed by atoms with Crippen molar-refractivity contribution in [2.24, 2.45) is 0 Å². The van der Waals surface area contributed by atoms with Gasteiger partial charge in [-0.15, -0.1) is 0 Å². The van der Waals surface area contributed by atoms with Crippen LogP contribution in [0.25, 0.3) is 0 Å². The first kappa shape index (κ1) is 18.2. The molecule has 2 aromatic carbocycles. The molecule has 5 heteroatoms. The lowest BCUT2D eigenvalue weighted by molar-refractivity contribution is -0.140. The predicted molar refractivity (Wildman–Crippen MR) is 97.4 cm³/mol. The molecule has 0 aliphatic heterocycles. The third kappa shape index (κ3) is 4.24. The Morgan fingerprint density at radius 3 is 2.12 bits per heavy atom. The van der Waals surface area contributed by atoms with Gasteiger partial charge in [0.05, 0.1) is 0 Å².